The van der Waals surface area contributed by atoms with E-state index in [1.54, 1.807) is 0 Å². The van der Waals surface area contributed by atoms with E-state index in [9.17, 15) is 5.11 Å². The number of likely N-dealkylation sites (N-methyl/N-ethyl adjacent to an activating group) is 1. The summed E-state index contributed by atoms with van der Waals surface area (Å²) < 4.78 is 16.8. The smallest absolute Gasteiger partial charge is 0.119 e. The van der Waals surface area contributed by atoms with Crippen molar-refractivity contribution in [3.05, 3.63) is 29.8 Å². The van der Waals surface area contributed by atoms with Crippen molar-refractivity contribution < 1.29 is 19.3 Å². The van der Waals surface area contributed by atoms with Gasteiger partial charge in [-0.05, 0) is 44.5 Å². The number of aliphatic hydroxyl groups is 1. The lowest BCUT2D eigenvalue weighted by atomic mass is 9.98. The molecule has 1 N–H and O–H groups in total. The van der Waals surface area contributed by atoms with Gasteiger partial charge in [0.25, 0.3) is 0 Å². The second-order valence-corrected chi connectivity index (χ2v) is 7.13. The van der Waals surface area contributed by atoms with E-state index in [4.69, 9.17) is 14.2 Å². The highest BCUT2D eigenvalue weighted by molar-refractivity contribution is 5.27. The fraction of sp³-hybridized carbons (Fsp3) is 0.714. The highest BCUT2D eigenvalue weighted by Crippen LogP contribution is 2.20. The number of ether oxygens (including phenoxy) is 3. The van der Waals surface area contributed by atoms with Gasteiger partial charge in [0.1, 0.15) is 12.4 Å². The second kappa shape index (κ2) is 12.3. The Labute approximate surface area is 158 Å². The first kappa shape index (κ1) is 21.2. The number of aliphatic hydroxyl groups excluding tert-OH is 1. The van der Waals surface area contributed by atoms with Crippen LogP contribution < -0.4 is 4.74 Å². The molecule has 5 nitrogen and oxygen atoms in total. The molecular weight excluding hydrogens is 330 g/mol. The summed E-state index contributed by atoms with van der Waals surface area (Å²) in [5.74, 6) is 0.858. The van der Waals surface area contributed by atoms with Crippen molar-refractivity contribution in [1.29, 1.82) is 0 Å². The maximum atomic E-state index is 10.2. The Morgan fingerprint density at radius 2 is 1.85 bits per heavy atom. The molecule has 26 heavy (non-hydrogen) atoms. The van der Waals surface area contributed by atoms with Gasteiger partial charge in [-0.2, -0.15) is 0 Å². The molecule has 0 bridgehead atoms. The number of hydrogen-bond donors (Lipinski definition) is 1. The normalized spacial score (nSPS) is 16.8. The average molecular weight is 366 g/mol. The summed E-state index contributed by atoms with van der Waals surface area (Å²) in [6.45, 7) is 5.71. The third-order valence-electron chi connectivity index (χ3n) is 4.68. The fourth-order valence-corrected chi connectivity index (χ4v) is 3.32. The Balaban J connectivity index is 1.63. The number of rotatable bonds is 12. The van der Waals surface area contributed by atoms with E-state index in [0.717, 1.165) is 25.1 Å². The summed E-state index contributed by atoms with van der Waals surface area (Å²) >= 11 is 0. The van der Waals surface area contributed by atoms with Crippen molar-refractivity contribution in [2.24, 2.45) is 0 Å². The highest BCUT2D eigenvalue weighted by atomic mass is 16.5. The van der Waals surface area contributed by atoms with Crippen LogP contribution in [0.4, 0.5) is 0 Å². The number of benzene rings is 1. The van der Waals surface area contributed by atoms with Crippen LogP contribution in [-0.2, 0) is 16.0 Å². The van der Waals surface area contributed by atoms with Gasteiger partial charge in [-0.3, -0.25) is 4.90 Å². The maximum Gasteiger partial charge on any atom is 0.119 e. The molecule has 1 aliphatic carbocycles. The van der Waals surface area contributed by atoms with Gasteiger partial charge < -0.3 is 19.3 Å². The van der Waals surface area contributed by atoms with E-state index >= 15 is 0 Å². The molecule has 148 valence electrons. The van der Waals surface area contributed by atoms with E-state index < -0.39 is 6.10 Å². The number of hydrogen-bond acceptors (Lipinski definition) is 5. The largest absolute Gasteiger partial charge is 0.491 e. The van der Waals surface area contributed by atoms with Crippen molar-refractivity contribution in [3.63, 3.8) is 0 Å². The third-order valence-corrected chi connectivity index (χ3v) is 4.68. The van der Waals surface area contributed by atoms with Gasteiger partial charge in [0.15, 0.2) is 0 Å². The molecule has 1 fully saturated rings. The Morgan fingerprint density at radius 1 is 1.12 bits per heavy atom. The minimum absolute atomic E-state index is 0.346. The second-order valence-electron chi connectivity index (χ2n) is 7.13. The molecule has 1 atom stereocenters. The molecule has 0 spiro atoms. The van der Waals surface area contributed by atoms with Gasteiger partial charge in [0.2, 0.25) is 0 Å². The lowest BCUT2D eigenvalue weighted by molar-refractivity contribution is -0.0319. The van der Waals surface area contributed by atoms with Crippen LogP contribution in [0.1, 0.15) is 44.6 Å². The molecule has 0 saturated heterocycles. The molecule has 1 saturated carbocycles. The maximum absolute atomic E-state index is 10.2. The van der Waals surface area contributed by atoms with Gasteiger partial charge in [-0.1, -0.05) is 31.4 Å². The zero-order chi connectivity index (χ0) is 18.6. The molecule has 0 aliphatic heterocycles. The summed E-state index contributed by atoms with van der Waals surface area (Å²) in [5, 5.41) is 10.2. The first-order valence-electron chi connectivity index (χ1n) is 9.95. The van der Waals surface area contributed by atoms with Crippen molar-refractivity contribution in [3.8, 4) is 5.75 Å². The van der Waals surface area contributed by atoms with Gasteiger partial charge >= 0.3 is 0 Å². The zero-order valence-electron chi connectivity index (χ0n) is 16.4. The molecule has 1 aliphatic rings. The standard InChI is InChI=1S/C21H35NO4/c1-3-24-13-14-25-21-11-9-18(10-12-21)15-22(2)16-19(23)17-26-20-7-5-4-6-8-20/h9-12,19-20,23H,3-8,13-17H2,1-2H3. The minimum Gasteiger partial charge on any atom is -0.491 e. The molecular formula is C21H35NO4. The van der Waals surface area contributed by atoms with Crippen LogP contribution in [0.3, 0.4) is 0 Å². The zero-order valence-corrected chi connectivity index (χ0v) is 16.4. The van der Waals surface area contributed by atoms with Crippen LogP contribution in [0, 0.1) is 0 Å². The van der Waals surface area contributed by atoms with Crippen molar-refractivity contribution in [2.75, 3.05) is 40.0 Å². The molecule has 0 heterocycles. The molecule has 2 rings (SSSR count). The average Bonchev–Trinajstić information content (AvgIpc) is 2.66. The molecule has 0 radical (unpaired) electrons. The predicted octanol–water partition coefficient (Wildman–Crippen LogP) is 3.24. The van der Waals surface area contributed by atoms with Crippen LogP contribution in [0.15, 0.2) is 24.3 Å². The highest BCUT2D eigenvalue weighted by Gasteiger charge is 2.16. The summed E-state index contributed by atoms with van der Waals surface area (Å²) in [6.07, 6.45) is 6.02. The van der Waals surface area contributed by atoms with Crippen LogP contribution >= 0.6 is 0 Å². The summed E-state index contributed by atoms with van der Waals surface area (Å²) in [5.41, 5.74) is 1.20. The molecule has 1 unspecified atom stereocenters. The molecule has 1 aromatic carbocycles. The monoisotopic (exact) mass is 365 g/mol. The topological polar surface area (TPSA) is 51.2 Å². The van der Waals surface area contributed by atoms with Crippen LogP contribution in [0.5, 0.6) is 5.75 Å². The predicted molar refractivity (Wildman–Crippen MR) is 104 cm³/mol. The fourth-order valence-electron chi connectivity index (χ4n) is 3.32. The molecule has 1 aromatic rings. The van der Waals surface area contributed by atoms with Gasteiger partial charge in [-0.15, -0.1) is 0 Å². The van der Waals surface area contributed by atoms with E-state index in [1.807, 2.05) is 26.1 Å². The lowest BCUT2D eigenvalue weighted by Gasteiger charge is -2.25. The Morgan fingerprint density at radius 3 is 2.54 bits per heavy atom. The number of nitrogens with zero attached hydrogens (tertiary/aromatic N) is 1. The first-order valence-corrected chi connectivity index (χ1v) is 9.95. The van der Waals surface area contributed by atoms with Crippen molar-refractivity contribution in [1.82, 2.24) is 4.90 Å². The summed E-state index contributed by atoms with van der Waals surface area (Å²) in [7, 11) is 2.02. The van der Waals surface area contributed by atoms with Gasteiger partial charge in [0.05, 0.1) is 25.4 Å². The summed E-state index contributed by atoms with van der Waals surface area (Å²) in [4.78, 5) is 2.12. The van der Waals surface area contributed by atoms with Crippen molar-refractivity contribution >= 4 is 0 Å². The van der Waals surface area contributed by atoms with Gasteiger partial charge in [0, 0.05) is 19.7 Å². The third kappa shape index (κ3) is 8.49. The van der Waals surface area contributed by atoms with E-state index in [0.29, 0.717) is 39.1 Å². The van der Waals surface area contributed by atoms with Crippen LogP contribution in [0.2, 0.25) is 0 Å². The van der Waals surface area contributed by atoms with E-state index in [-0.39, 0.29) is 0 Å². The summed E-state index contributed by atoms with van der Waals surface area (Å²) in [6, 6.07) is 8.10. The van der Waals surface area contributed by atoms with Crippen LogP contribution in [-0.4, -0.2) is 62.2 Å². The van der Waals surface area contributed by atoms with Gasteiger partial charge in [-0.25, -0.2) is 0 Å². The Bertz CT molecular complexity index is 473. The van der Waals surface area contributed by atoms with E-state index in [2.05, 4.69) is 17.0 Å². The Hall–Kier alpha value is -1.14. The lowest BCUT2D eigenvalue weighted by Crippen LogP contribution is -2.33. The Kier molecular flexibility index (Phi) is 10.00. The molecule has 5 heteroatoms. The minimum atomic E-state index is -0.442. The quantitative estimate of drug-likeness (QED) is 0.576. The van der Waals surface area contributed by atoms with Crippen molar-refractivity contribution in [2.45, 2.75) is 57.8 Å². The van der Waals surface area contributed by atoms with E-state index in [1.165, 1.54) is 24.8 Å². The molecule has 0 amide bonds. The van der Waals surface area contributed by atoms with Crippen LogP contribution in [0.25, 0.3) is 0 Å². The molecule has 0 aromatic heterocycles. The first-order chi connectivity index (χ1) is 12.7. The SMILES string of the molecule is CCOCCOc1ccc(CN(C)CC(O)COC2CCCCC2)cc1.